The summed E-state index contributed by atoms with van der Waals surface area (Å²) in [6, 6.07) is 6.74. The predicted molar refractivity (Wildman–Crippen MR) is 69.8 cm³/mol. The van der Waals surface area contributed by atoms with Crippen molar-refractivity contribution in [2.24, 2.45) is 5.73 Å². The van der Waals surface area contributed by atoms with Crippen LogP contribution in [-0.4, -0.2) is 36.7 Å². The molecule has 0 bridgehead atoms. The quantitative estimate of drug-likeness (QED) is 0.893. The third-order valence-corrected chi connectivity index (χ3v) is 3.44. The van der Waals surface area contributed by atoms with Crippen LogP contribution in [0.1, 0.15) is 25.5 Å². The first-order valence-electron chi connectivity index (χ1n) is 6.43. The molecule has 2 rings (SSSR count). The lowest BCUT2D eigenvalue weighted by Gasteiger charge is -2.38. The third-order valence-electron chi connectivity index (χ3n) is 3.44. The lowest BCUT2D eigenvalue weighted by atomic mass is 10.1. The first kappa shape index (κ1) is 13.5. The standard InChI is InChI=1S/C14H21FN2O/c1-10-9-18-11(2)7-17(10)8-14(16)12-4-3-5-13(15)6-12/h3-6,10-11,14H,7-9,16H2,1-2H3. The molecule has 1 heterocycles. The number of hydrogen-bond acceptors (Lipinski definition) is 3. The Morgan fingerprint density at radius 3 is 3.00 bits per heavy atom. The zero-order valence-corrected chi connectivity index (χ0v) is 11.0. The van der Waals surface area contributed by atoms with Crippen LogP contribution in [0, 0.1) is 5.82 Å². The summed E-state index contributed by atoms with van der Waals surface area (Å²) in [5, 5.41) is 0. The van der Waals surface area contributed by atoms with Gasteiger partial charge in [-0.2, -0.15) is 0 Å². The van der Waals surface area contributed by atoms with E-state index in [0.717, 1.165) is 25.3 Å². The van der Waals surface area contributed by atoms with Gasteiger partial charge in [-0.3, -0.25) is 4.90 Å². The van der Waals surface area contributed by atoms with E-state index in [9.17, 15) is 4.39 Å². The van der Waals surface area contributed by atoms with Crippen molar-refractivity contribution in [2.45, 2.75) is 32.0 Å². The highest BCUT2D eigenvalue weighted by Gasteiger charge is 2.25. The number of rotatable bonds is 3. The Kier molecular flexibility index (Phi) is 4.32. The number of morpholine rings is 1. The maximum absolute atomic E-state index is 13.2. The highest BCUT2D eigenvalue weighted by molar-refractivity contribution is 5.20. The second-order valence-electron chi connectivity index (χ2n) is 5.11. The number of nitrogens with zero attached hydrogens (tertiary/aromatic N) is 1. The van der Waals surface area contributed by atoms with E-state index in [0.29, 0.717) is 6.04 Å². The van der Waals surface area contributed by atoms with E-state index in [1.54, 1.807) is 6.07 Å². The Bertz CT molecular complexity index is 399. The van der Waals surface area contributed by atoms with Crippen LogP contribution in [0.5, 0.6) is 0 Å². The molecular weight excluding hydrogens is 231 g/mol. The van der Waals surface area contributed by atoms with E-state index in [1.165, 1.54) is 12.1 Å². The molecule has 1 aromatic carbocycles. The normalized spacial score (nSPS) is 27.1. The summed E-state index contributed by atoms with van der Waals surface area (Å²) in [5.41, 5.74) is 7.00. The predicted octanol–water partition coefficient (Wildman–Crippen LogP) is 1.93. The molecule has 3 atom stereocenters. The minimum Gasteiger partial charge on any atom is -0.376 e. The Balaban J connectivity index is 2.00. The van der Waals surface area contributed by atoms with Crippen molar-refractivity contribution >= 4 is 0 Å². The molecule has 1 saturated heterocycles. The average Bonchev–Trinajstić information content (AvgIpc) is 2.34. The smallest absolute Gasteiger partial charge is 0.123 e. The highest BCUT2D eigenvalue weighted by Crippen LogP contribution is 2.17. The molecule has 1 aliphatic rings. The van der Waals surface area contributed by atoms with Gasteiger partial charge in [0.05, 0.1) is 12.7 Å². The van der Waals surface area contributed by atoms with Gasteiger partial charge in [0.25, 0.3) is 0 Å². The second kappa shape index (κ2) is 5.78. The van der Waals surface area contributed by atoms with Crippen LogP contribution >= 0.6 is 0 Å². The lowest BCUT2D eigenvalue weighted by molar-refractivity contribution is -0.0510. The molecule has 3 unspecified atom stereocenters. The van der Waals surface area contributed by atoms with Crippen molar-refractivity contribution in [1.29, 1.82) is 0 Å². The molecule has 0 spiro atoms. The third kappa shape index (κ3) is 3.28. The average molecular weight is 252 g/mol. The van der Waals surface area contributed by atoms with Gasteiger partial charge in [0.15, 0.2) is 0 Å². The summed E-state index contributed by atoms with van der Waals surface area (Å²) in [4.78, 5) is 2.31. The fourth-order valence-electron chi connectivity index (χ4n) is 2.32. The SMILES string of the molecule is CC1CN(CC(N)c2cccc(F)c2)C(C)CO1. The van der Waals surface area contributed by atoms with Crippen LogP contribution in [0.25, 0.3) is 0 Å². The van der Waals surface area contributed by atoms with Gasteiger partial charge in [-0.15, -0.1) is 0 Å². The maximum Gasteiger partial charge on any atom is 0.123 e. The molecule has 0 saturated carbocycles. The Hall–Kier alpha value is -0.970. The van der Waals surface area contributed by atoms with Crippen LogP contribution in [0.4, 0.5) is 4.39 Å². The van der Waals surface area contributed by atoms with E-state index in [4.69, 9.17) is 10.5 Å². The van der Waals surface area contributed by atoms with Crippen molar-refractivity contribution in [3.05, 3.63) is 35.6 Å². The molecule has 0 aromatic heterocycles. The number of benzene rings is 1. The molecule has 3 nitrogen and oxygen atoms in total. The van der Waals surface area contributed by atoms with Crippen molar-refractivity contribution in [1.82, 2.24) is 4.90 Å². The van der Waals surface area contributed by atoms with E-state index < -0.39 is 0 Å². The molecular formula is C14H21FN2O. The number of nitrogens with two attached hydrogens (primary N) is 1. The monoisotopic (exact) mass is 252 g/mol. The highest BCUT2D eigenvalue weighted by atomic mass is 19.1. The molecule has 18 heavy (non-hydrogen) atoms. The number of ether oxygens (including phenoxy) is 1. The maximum atomic E-state index is 13.2. The first-order chi connectivity index (χ1) is 8.56. The topological polar surface area (TPSA) is 38.5 Å². The molecule has 1 aliphatic heterocycles. The summed E-state index contributed by atoms with van der Waals surface area (Å²) in [7, 11) is 0. The van der Waals surface area contributed by atoms with E-state index in [2.05, 4.69) is 18.7 Å². The van der Waals surface area contributed by atoms with Crippen LogP contribution in [0.15, 0.2) is 24.3 Å². The molecule has 0 radical (unpaired) electrons. The van der Waals surface area contributed by atoms with Gasteiger partial charge in [-0.25, -0.2) is 4.39 Å². The van der Waals surface area contributed by atoms with Crippen LogP contribution in [-0.2, 0) is 4.74 Å². The zero-order valence-electron chi connectivity index (χ0n) is 11.0. The number of hydrogen-bond donors (Lipinski definition) is 1. The zero-order chi connectivity index (χ0) is 13.1. The van der Waals surface area contributed by atoms with Gasteiger partial charge in [-0.05, 0) is 31.5 Å². The van der Waals surface area contributed by atoms with Crippen LogP contribution in [0.2, 0.25) is 0 Å². The van der Waals surface area contributed by atoms with Crippen LogP contribution < -0.4 is 5.73 Å². The second-order valence-corrected chi connectivity index (χ2v) is 5.11. The summed E-state index contributed by atoms with van der Waals surface area (Å²) >= 11 is 0. The molecule has 0 aliphatic carbocycles. The first-order valence-corrected chi connectivity index (χ1v) is 6.43. The van der Waals surface area contributed by atoms with E-state index >= 15 is 0 Å². The van der Waals surface area contributed by atoms with Gasteiger partial charge < -0.3 is 10.5 Å². The van der Waals surface area contributed by atoms with Gasteiger partial charge >= 0.3 is 0 Å². The fraction of sp³-hybridized carbons (Fsp3) is 0.571. The molecule has 1 fully saturated rings. The lowest BCUT2D eigenvalue weighted by Crippen LogP contribution is -2.49. The molecule has 0 amide bonds. The summed E-state index contributed by atoms with van der Waals surface area (Å²) < 4.78 is 18.7. The van der Waals surface area contributed by atoms with Gasteiger partial charge in [0.2, 0.25) is 0 Å². The van der Waals surface area contributed by atoms with Crippen molar-refractivity contribution in [3.63, 3.8) is 0 Å². The van der Waals surface area contributed by atoms with E-state index in [1.807, 2.05) is 6.07 Å². The van der Waals surface area contributed by atoms with Crippen molar-refractivity contribution in [3.8, 4) is 0 Å². The Labute approximate surface area is 108 Å². The minimum absolute atomic E-state index is 0.159. The summed E-state index contributed by atoms with van der Waals surface area (Å²) in [6.45, 7) is 6.54. The van der Waals surface area contributed by atoms with Crippen molar-refractivity contribution < 1.29 is 9.13 Å². The fourth-order valence-corrected chi connectivity index (χ4v) is 2.32. The van der Waals surface area contributed by atoms with E-state index in [-0.39, 0.29) is 18.0 Å². The molecule has 100 valence electrons. The molecule has 1 aromatic rings. The van der Waals surface area contributed by atoms with Crippen LogP contribution in [0.3, 0.4) is 0 Å². The number of halogens is 1. The summed E-state index contributed by atoms with van der Waals surface area (Å²) in [6.07, 6.45) is 0.237. The largest absolute Gasteiger partial charge is 0.376 e. The van der Waals surface area contributed by atoms with Gasteiger partial charge in [-0.1, -0.05) is 12.1 Å². The van der Waals surface area contributed by atoms with Gasteiger partial charge in [0, 0.05) is 25.2 Å². The van der Waals surface area contributed by atoms with Gasteiger partial charge in [0.1, 0.15) is 5.82 Å². The Morgan fingerprint density at radius 1 is 1.50 bits per heavy atom. The summed E-state index contributed by atoms with van der Waals surface area (Å²) in [5.74, 6) is -0.230. The Morgan fingerprint density at radius 2 is 2.28 bits per heavy atom. The molecule has 4 heteroatoms. The van der Waals surface area contributed by atoms with Crippen molar-refractivity contribution in [2.75, 3.05) is 19.7 Å². The minimum atomic E-state index is -0.230. The molecule has 2 N–H and O–H groups in total.